The molecule has 1 fully saturated rings. The van der Waals surface area contributed by atoms with Gasteiger partial charge in [-0.25, -0.2) is 0 Å². The van der Waals surface area contributed by atoms with Gasteiger partial charge in [0.2, 0.25) is 5.91 Å². The fraction of sp³-hybridized carbons (Fsp3) is 0.500. The molecular weight excluding hydrogens is 278 g/mol. The van der Waals surface area contributed by atoms with Gasteiger partial charge in [-0.2, -0.15) is 0 Å². The number of aryl methyl sites for hydroxylation is 1. The summed E-state index contributed by atoms with van der Waals surface area (Å²) in [5, 5.41) is 3.04. The first-order valence-corrected chi connectivity index (χ1v) is 7.03. The third-order valence-corrected chi connectivity index (χ3v) is 3.86. The third kappa shape index (κ3) is 3.10. The smallest absolute Gasteiger partial charge is 0.256 e. The van der Waals surface area contributed by atoms with E-state index in [1.54, 1.807) is 18.0 Å². The van der Waals surface area contributed by atoms with Gasteiger partial charge < -0.3 is 10.2 Å². The molecule has 1 aromatic heterocycles. The van der Waals surface area contributed by atoms with Crippen molar-refractivity contribution in [2.45, 2.75) is 19.8 Å². The molecule has 1 unspecified atom stereocenters. The number of piperidine rings is 1. The molecule has 6 heteroatoms. The zero-order valence-electron chi connectivity index (χ0n) is 11.6. The van der Waals surface area contributed by atoms with Crippen molar-refractivity contribution in [3.8, 4) is 0 Å². The normalized spacial score (nSPS) is 18.8. The minimum atomic E-state index is -0.156. The van der Waals surface area contributed by atoms with Crippen LogP contribution in [0.25, 0.3) is 0 Å². The zero-order chi connectivity index (χ0) is 14.7. The molecule has 0 radical (unpaired) electrons. The van der Waals surface area contributed by atoms with Gasteiger partial charge >= 0.3 is 0 Å². The number of hydrogen-bond donors (Lipinski definition) is 1. The summed E-state index contributed by atoms with van der Waals surface area (Å²) < 4.78 is 0. The van der Waals surface area contributed by atoms with Crippen LogP contribution in [0, 0.1) is 12.8 Å². The summed E-state index contributed by atoms with van der Waals surface area (Å²) in [6, 6.07) is 1.68. The largest absolute Gasteiger partial charge is 0.359 e. The van der Waals surface area contributed by atoms with Crippen LogP contribution in [0.2, 0.25) is 5.02 Å². The van der Waals surface area contributed by atoms with Crippen LogP contribution in [0.4, 0.5) is 0 Å². The maximum atomic E-state index is 12.5. The number of carbonyl (C=O) groups excluding carboxylic acids is 2. The summed E-state index contributed by atoms with van der Waals surface area (Å²) >= 11 is 6.10. The number of halogens is 1. The van der Waals surface area contributed by atoms with E-state index < -0.39 is 0 Å². The third-order valence-electron chi connectivity index (χ3n) is 3.55. The molecule has 1 aliphatic heterocycles. The molecule has 2 rings (SSSR count). The van der Waals surface area contributed by atoms with Crippen LogP contribution in [-0.4, -0.2) is 41.8 Å². The second-order valence-electron chi connectivity index (χ2n) is 5.01. The highest BCUT2D eigenvalue weighted by atomic mass is 35.5. The van der Waals surface area contributed by atoms with Gasteiger partial charge in [-0.3, -0.25) is 14.6 Å². The summed E-state index contributed by atoms with van der Waals surface area (Å²) in [6.45, 7) is 2.90. The molecule has 2 heterocycles. The van der Waals surface area contributed by atoms with Gasteiger partial charge in [0.05, 0.1) is 16.5 Å². The molecule has 0 saturated carbocycles. The minimum absolute atomic E-state index is 0.0179. The van der Waals surface area contributed by atoms with Crippen molar-refractivity contribution in [1.82, 2.24) is 15.2 Å². The first-order valence-electron chi connectivity index (χ1n) is 6.66. The second kappa shape index (κ2) is 6.22. The highest BCUT2D eigenvalue weighted by Crippen LogP contribution is 2.22. The number of likely N-dealkylation sites (tertiary alicyclic amines) is 1. The average Bonchev–Trinajstić information content (AvgIpc) is 2.46. The Morgan fingerprint density at radius 1 is 1.50 bits per heavy atom. The van der Waals surface area contributed by atoms with E-state index in [-0.39, 0.29) is 17.7 Å². The first kappa shape index (κ1) is 14.8. The summed E-state index contributed by atoms with van der Waals surface area (Å²) in [5.74, 6) is -0.318. The van der Waals surface area contributed by atoms with Gasteiger partial charge in [-0.15, -0.1) is 0 Å². The van der Waals surface area contributed by atoms with E-state index in [4.69, 9.17) is 11.6 Å². The molecular formula is C14H18ClN3O2. The molecule has 1 N–H and O–H groups in total. The van der Waals surface area contributed by atoms with E-state index in [2.05, 4.69) is 10.3 Å². The van der Waals surface area contributed by atoms with Crippen LogP contribution in [-0.2, 0) is 4.79 Å². The Labute approximate surface area is 123 Å². The number of rotatable bonds is 2. The van der Waals surface area contributed by atoms with Gasteiger partial charge in [0.15, 0.2) is 0 Å². The van der Waals surface area contributed by atoms with Crippen molar-refractivity contribution in [2.24, 2.45) is 5.92 Å². The summed E-state index contributed by atoms with van der Waals surface area (Å²) in [7, 11) is 1.61. The zero-order valence-corrected chi connectivity index (χ0v) is 12.4. The number of pyridine rings is 1. The number of carbonyl (C=O) groups is 2. The van der Waals surface area contributed by atoms with E-state index in [1.807, 2.05) is 6.92 Å². The standard InChI is InChI=1S/C14H18ClN3O2/c1-9-6-12(15)11(7-17-9)14(20)18-5-3-4-10(8-18)13(19)16-2/h6-7,10H,3-5,8H2,1-2H3,(H,16,19). The van der Waals surface area contributed by atoms with Crippen LogP contribution in [0.5, 0.6) is 0 Å². The molecule has 0 aliphatic carbocycles. The van der Waals surface area contributed by atoms with Gasteiger partial charge in [0, 0.05) is 32.0 Å². The van der Waals surface area contributed by atoms with Crippen molar-refractivity contribution in [3.05, 3.63) is 28.5 Å². The van der Waals surface area contributed by atoms with Crippen LogP contribution in [0.3, 0.4) is 0 Å². The fourth-order valence-corrected chi connectivity index (χ4v) is 2.72. The number of aromatic nitrogens is 1. The lowest BCUT2D eigenvalue weighted by Crippen LogP contribution is -2.44. The molecule has 20 heavy (non-hydrogen) atoms. The Morgan fingerprint density at radius 3 is 2.90 bits per heavy atom. The molecule has 108 valence electrons. The lowest BCUT2D eigenvalue weighted by molar-refractivity contribution is -0.125. The summed E-state index contributed by atoms with van der Waals surface area (Å²) in [6.07, 6.45) is 3.13. The Hall–Kier alpha value is -1.62. The molecule has 5 nitrogen and oxygen atoms in total. The van der Waals surface area contributed by atoms with Crippen molar-refractivity contribution >= 4 is 23.4 Å². The first-order chi connectivity index (χ1) is 9.52. The molecule has 0 spiro atoms. The molecule has 0 bridgehead atoms. The maximum absolute atomic E-state index is 12.5. The Bertz CT molecular complexity index is 533. The SMILES string of the molecule is CNC(=O)C1CCCN(C(=O)c2cnc(C)cc2Cl)C1. The second-order valence-corrected chi connectivity index (χ2v) is 5.42. The Kier molecular flexibility index (Phi) is 4.60. The monoisotopic (exact) mass is 295 g/mol. The van der Waals surface area contributed by atoms with E-state index in [9.17, 15) is 9.59 Å². The van der Waals surface area contributed by atoms with Crippen LogP contribution < -0.4 is 5.32 Å². The van der Waals surface area contributed by atoms with Crippen molar-refractivity contribution in [3.63, 3.8) is 0 Å². The maximum Gasteiger partial charge on any atom is 0.256 e. The van der Waals surface area contributed by atoms with Gasteiger partial charge in [0.1, 0.15) is 0 Å². The van der Waals surface area contributed by atoms with Crippen molar-refractivity contribution < 1.29 is 9.59 Å². The van der Waals surface area contributed by atoms with Crippen LogP contribution >= 0.6 is 11.6 Å². The topological polar surface area (TPSA) is 62.3 Å². The fourth-order valence-electron chi connectivity index (χ4n) is 2.43. The van der Waals surface area contributed by atoms with Gasteiger partial charge in [-0.05, 0) is 25.8 Å². The number of amides is 2. The average molecular weight is 296 g/mol. The molecule has 1 aromatic rings. The Balaban J connectivity index is 2.14. The molecule has 1 saturated heterocycles. The highest BCUT2D eigenvalue weighted by molar-refractivity contribution is 6.33. The quantitative estimate of drug-likeness (QED) is 0.902. The molecule has 1 aliphatic rings. The number of nitrogens with one attached hydrogen (secondary N) is 1. The van der Waals surface area contributed by atoms with Gasteiger partial charge in [0.25, 0.3) is 5.91 Å². The lowest BCUT2D eigenvalue weighted by Gasteiger charge is -2.32. The van der Waals surface area contributed by atoms with Gasteiger partial charge in [-0.1, -0.05) is 11.6 Å². The van der Waals surface area contributed by atoms with E-state index in [1.165, 1.54) is 6.20 Å². The molecule has 2 amide bonds. The Morgan fingerprint density at radius 2 is 2.25 bits per heavy atom. The predicted octanol–water partition coefficient (Wildman–Crippen LogP) is 1.64. The van der Waals surface area contributed by atoms with Crippen LogP contribution in [0.1, 0.15) is 28.9 Å². The molecule has 0 aromatic carbocycles. The van der Waals surface area contributed by atoms with Crippen molar-refractivity contribution in [1.29, 1.82) is 0 Å². The molecule has 1 atom stereocenters. The van der Waals surface area contributed by atoms with E-state index >= 15 is 0 Å². The predicted molar refractivity (Wildman–Crippen MR) is 76.7 cm³/mol. The van der Waals surface area contributed by atoms with E-state index in [0.717, 1.165) is 18.5 Å². The number of nitrogens with zero attached hydrogens (tertiary/aromatic N) is 2. The number of hydrogen-bond acceptors (Lipinski definition) is 3. The summed E-state index contributed by atoms with van der Waals surface area (Å²) in [4.78, 5) is 30.0. The lowest BCUT2D eigenvalue weighted by atomic mass is 9.96. The highest BCUT2D eigenvalue weighted by Gasteiger charge is 2.29. The minimum Gasteiger partial charge on any atom is -0.359 e. The van der Waals surface area contributed by atoms with E-state index in [0.29, 0.717) is 23.7 Å². The van der Waals surface area contributed by atoms with Crippen LogP contribution in [0.15, 0.2) is 12.3 Å². The summed E-state index contributed by atoms with van der Waals surface area (Å²) in [5.41, 5.74) is 1.17. The van der Waals surface area contributed by atoms with Crippen molar-refractivity contribution in [2.75, 3.05) is 20.1 Å².